The molecule has 2 aromatic carbocycles. The lowest BCUT2D eigenvalue weighted by molar-refractivity contribution is -1.02. The number of benzene rings is 2. The molecule has 0 spiro atoms. The van der Waals surface area contributed by atoms with Crippen LogP contribution in [0, 0.1) is 0 Å². The summed E-state index contributed by atoms with van der Waals surface area (Å²) in [5, 5.41) is 0. The van der Waals surface area contributed by atoms with Crippen LogP contribution in [0.1, 0.15) is 11.1 Å². The lowest BCUT2D eigenvalue weighted by Crippen LogP contribution is -3.27. The van der Waals surface area contributed by atoms with E-state index in [2.05, 4.69) is 36.9 Å². The quantitative estimate of drug-likeness (QED) is 0.400. The van der Waals surface area contributed by atoms with Crippen molar-refractivity contribution >= 4 is 0 Å². The molecule has 1 aliphatic heterocycles. The minimum absolute atomic E-state index is 0.556. The number of quaternary nitrogens is 2. The van der Waals surface area contributed by atoms with Crippen molar-refractivity contribution in [1.82, 2.24) is 0 Å². The van der Waals surface area contributed by atoms with Crippen LogP contribution < -0.4 is 19.3 Å². The molecule has 0 amide bonds. The van der Waals surface area contributed by atoms with Crippen molar-refractivity contribution in [1.29, 1.82) is 0 Å². The van der Waals surface area contributed by atoms with Gasteiger partial charge in [-0.3, -0.25) is 0 Å². The number of piperazine rings is 1. The summed E-state index contributed by atoms with van der Waals surface area (Å²) in [7, 11) is 1.67. The van der Waals surface area contributed by atoms with Crippen LogP contribution in [0.3, 0.4) is 0 Å². The monoisotopic (exact) mass is 412 g/mol. The number of ether oxygens (including phenoxy) is 3. The first-order valence-electron chi connectivity index (χ1n) is 11.0. The lowest BCUT2D eigenvalue weighted by Gasteiger charge is -2.29. The summed E-state index contributed by atoms with van der Waals surface area (Å²) < 4.78 is 17.0. The molecule has 1 aliphatic rings. The molecule has 1 fully saturated rings. The number of hydrogen-bond donors (Lipinski definition) is 2. The van der Waals surface area contributed by atoms with Gasteiger partial charge in [-0.15, -0.1) is 6.58 Å². The molecule has 1 heterocycles. The highest BCUT2D eigenvalue weighted by Gasteiger charge is 2.22. The minimum Gasteiger partial charge on any atom is -0.497 e. The molecular weight excluding hydrogens is 376 g/mol. The van der Waals surface area contributed by atoms with Gasteiger partial charge in [-0.25, -0.2) is 0 Å². The number of rotatable bonds is 12. The summed E-state index contributed by atoms with van der Waals surface area (Å²) in [5.41, 5.74) is 2.53. The third kappa shape index (κ3) is 7.17. The molecule has 0 atom stereocenters. The largest absolute Gasteiger partial charge is 0.497 e. The molecule has 2 N–H and O–H groups in total. The molecule has 0 saturated carbocycles. The summed E-state index contributed by atoms with van der Waals surface area (Å²) in [6, 6.07) is 16.7. The summed E-state index contributed by atoms with van der Waals surface area (Å²) in [6.07, 6.45) is 2.64. The van der Waals surface area contributed by atoms with E-state index in [1.807, 2.05) is 24.3 Å². The average Bonchev–Trinajstić information content (AvgIpc) is 2.79. The van der Waals surface area contributed by atoms with E-state index < -0.39 is 0 Å². The Labute approximate surface area is 180 Å². The number of hydrogen-bond acceptors (Lipinski definition) is 3. The van der Waals surface area contributed by atoms with E-state index in [1.165, 1.54) is 31.7 Å². The van der Waals surface area contributed by atoms with E-state index in [1.54, 1.807) is 16.9 Å². The number of nitrogens with one attached hydrogen (secondary N) is 2. The molecule has 3 rings (SSSR count). The maximum absolute atomic E-state index is 5.91. The Kier molecular flexibility index (Phi) is 9.22. The van der Waals surface area contributed by atoms with Gasteiger partial charge in [0.1, 0.15) is 57.4 Å². The second kappa shape index (κ2) is 12.4. The Hall–Kier alpha value is -2.34. The van der Waals surface area contributed by atoms with Gasteiger partial charge in [0.2, 0.25) is 0 Å². The summed E-state index contributed by atoms with van der Waals surface area (Å²) >= 11 is 0. The minimum atomic E-state index is 0.556. The van der Waals surface area contributed by atoms with Crippen molar-refractivity contribution in [3.63, 3.8) is 0 Å². The second-order valence-corrected chi connectivity index (χ2v) is 7.84. The Bertz CT molecular complexity index is 758. The van der Waals surface area contributed by atoms with Gasteiger partial charge in [-0.2, -0.15) is 0 Å². The summed E-state index contributed by atoms with van der Waals surface area (Å²) in [4.78, 5) is 3.34. The van der Waals surface area contributed by atoms with Gasteiger partial charge in [-0.1, -0.05) is 36.4 Å². The molecule has 0 radical (unpaired) electrons. The fraction of sp³-hybridized carbons (Fsp3) is 0.440. The fourth-order valence-corrected chi connectivity index (χ4v) is 3.94. The molecule has 0 bridgehead atoms. The Morgan fingerprint density at radius 1 is 0.933 bits per heavy atom. The van der Waals surface area contributed by atoms with Gasteiger partial charge in [0, 0.05) is 11.1 Å². The number of methoxy groups -OCH3 is 1. The van der Waals surface area contributed by atoms with Crippen LogP contribution in [-0.4, -0.2) is 59.7 Å². The van der Waals surface area contributed by atoms with Crippen LogP contribution in [0.15, 0.2) is 61.2 Å². The van der Waals surface area contributed by atoms with E-state index in [0.29, 0.717) is 13.2 Å². The zero-order valence-corrected chi connectivity index (χ0v) is 18.2. The fourth-order valence-electron chi connectivity index (χ4n) is 3.94. The molecule has 30 heavy (non-hydrogen) atoms. The zero-order chi connectivity index (χ0) is 21.0. The van der Waals surface area contributed by atoms with Gasteiger partial charge in [0.15, 0.2) is 0 Å². The van der Waals surface area contributed by atoms with Crippen molar-refractivity contribution in [2.24, 2.45) is 0 Å². The van der Waals surface area contributed by atoms with Crippen LogP contribution in [0.2, 0.25) is 0 Å². The van der Waals surface area contributed by atoms with Crippen LogP contribution in [-0.2, 0) is 17.7 Å². The predicted molar refractivity (Wildman–Crippen MR) is 120 cm³/mol. The van der Waals surface area contributed by atoms with Crippen molar-refractivity contribution in [2.45, 2.75) is 13.0 Å². The number of allylic oxidation sites excluding steroid dienone is 1. The molecule has 1 saturated heterocycles. The molecule has 0 aliphatic carbocycles. The zero-order valence-electron chi connectivity index (χ0n) is 18.2. The van der Waals surface area contributed by atoms with E-state index in [0.717, 1.165) is 43.2 Å². The highest BCUT2D eigenvalue weighted by atomic mass is 16.5. The molecule has 5 nitrogen and oxygen atoms in total. The summed E-state index contributed by atoms with van der Waals surface area (Å²) in [5.74, 6) is 1.71. The maximum Gasteiger partial charge on any atom is 0.127 e. The van der Waals surface area contributed by atoms with E-state index in [9.17, 15) is 0 Å². The van der Waals surface area contributed by atoms with Crippen LogP contribution >= 0.6 is 0 Å². The van der Waals surface area contributed by atoms with Crippen LogP contribution in [0.5, 0.6) is 11.5 Å². The first-order chi connectivity index (χ1) is 14.8. The van der Waals surface area contributed by atoms with Crippen molar-refractivity contribution < 1.29 is 24.0 Å². The third-order valence-electron chi connectivity index (χ3n) is 5.68. The average molecular weight is 413 g/mol. The molecule has 162 valence electrons. The Balaban J connectivity index is 1.28. The smallest absolute Gasteiger partial charge is 0.127 e. The lowest BCUT2D eigenvalue weighted by atomic mass is 10.1. The van der Waals surface area contributed by atoms with Gasteiger partial charge in [0.05, 0.1) is 20.3 Å². The SMILES string of the molecule is C=CCc1cc(OC)ccc1OCCOCC[NH+]1CC[NH+](Cc2ccccc2)CC1. The predicted octanol–water partition coefficient (Wildman–Crippen LogP) is 0.803. The third-order valence-corrected chi connectivity index (χ3v) is 5.68. The van der Waals surface area contributed by atoms with Gasteiger partial charge in [0.25, 0.3) is 0 Å². The topological polar surface area (TPSA) is 36.6 Å². The highest BCUT2D eigenvalue weighted by molar-refractivity contribution is 5.41. The van der Waals surface area contributed by atoms with Gasteiger partial charge >= 0.3 is 0 Å². The molecule has 0 aromatic heterocycles. The van der Waals surface area contributed by atoms with E-state index >= 15 is 0 Å². The van der Waals surface area contributed by atoms with Crippen LogP contribution in [0.4, 0.5) is 0 Å². The molecule has 2 aromatic rings. The normalized spacial score (nSPS) is 18.7. The van der Waals surface area contributed by atoms with Crippen LogP contribution in [0.25, 0.3) is 0 Å². The molecular formula is C25H36N2O3+2. The van der Waals surface area contributed by atoms with Crippen molar-refractivity contribution in [3.8, 4) is 11.5 Å². The Morgan fingerprint density at radius 2 is 1.70 bits per heavy atom. The maximum atomic E-state index is 5.91. The van der Waals surface area contributed by atoms with E-state index in [4.69, 9.17) is 14.2 Å². The summed E-state index contributed by atoms with van der Waals surface area (Å²) in [6.45, 7) is 12.9. The highest BCUT2D eigenvalue weighted by Crippen LogP contribution is 2.24. The first-order valence-corrected chi connectivity index (χ1v) is 11.0. The van der Waals surface area contributed by atoms with Crippen molar-refractivity contribution in [3.05, 3.63) is 72.3 Å². The van der Waals surface area contributed by atoms with Crippen molar-refractivity contribution in [2.75, 3.05) is 59.7 Å². The Morgan fingerprint density at radius 3 is 2.43 bits per heavy atom. The first kappa shape index (κ1) is 22.3. The standard InChI is InChI=1S/C25H34N2O3/c1-3-7-23-20-24(28-2)10-11-25(23)30-19-18-29-17-16-26-12-14-27(15-13-26)21-22-8-5-4-6-9-22/h3-6,8-11,20H,1,7,12-19,21H2,2H3/p+2. The van der Waals surface area contributed by atoms with Gasteiger partial charge < -0.3 is 24.0 Å². The van der Waals surface area contributed by atoms with E-state index in [-0.39, 0.29) is 0 Å². The second-order valence-electron chi connectivity index (χ2n) is 7.84. The molecule has 5 heteroatoms. The van der Waals surface area contributed by atoms with Gasteiger partial charge in [-0.05, 0) is 24.6 Å². The molecule has 0 unspecified atom stereocenters.